The van der Waals surface area contributed by atoms with Gasteiger partial charge in [-0.3, -0.25) is 4.79 Å². The van der Waals surface area contributed by atoms with E-state index in [0.717, 1.165) is 38.8 Å². The summed E-state index contributed by atoms with van der Waals surface area (Å²) in [5, 5.41) is 3.35. The molecule has 0 aromatic carbocycles. The van der Waals surface area contributed by atoms with Crippen LogP contribution in [0.4, 0.5) is 0 Å². The molecule has 1 aliphatic heterocycles. The summed E-state index contributed by atoms with van der Waals surface area (Å²) in [5.41, 5.74) is -0.705. The number of rotatable bonds is 5. The van der Waals surface area contributed by atoms with Crippen LogP contribution < -0.4 is 5.32 Å². The van der Waals surface area contributed by atoms with Crippen LogP contribution in [0.5, 0.6) is 0 Å². The lowest BCUT2D eigenvalue weighted by Gasteiger charge is -2.38. The monoisotopic (exact) mass is 255 g/mol. The predicted octanol–water partition coefficient (Wildman–Crippen LogP) is 3.13. The van der Waals surface area contributed by atoms with E-state index in [0.29, 0.717) is 5.92 Å². The van der Waals surface area contributed by atoms with Gasteiger partial charge in [0, 0.05) is 5.92 Å². The highest BCUT2D eigenvalue weighted by Gasteiger charge is 2.38. The Morgan fingerprint density at radius 3 is 2.28 bits per heavy atom. The van der Waals surface area contributed by atoms with E-state index in [1.807, 2.05) is 13.8 Å². The lowest BCUT2D eigenvalue weighted by atomic mass is 9.82. The van der Waals surface area contributed by atoms with Crippen molar-refractivity contribution < 1.29 is 9.53 Å². The van der Waals surface area contributed by atoms with Crippen molar-refractivity contribution in [2.75, 3.05) is 13.1 Å². The molecule has 1 N–H and O–H groups in total. The van der Waals surface area contributed by atoms with Crippen molar-refractivity contribution in [3.8, 4) is 0 Å². The first-order chi connectivity index (χ1) is 8.29. The number of hydrogen-bond acceptors (Lipinski definition) is 3. The standard InChI is InChI=1S/C15H29NO2/c1-6-9-14(2,3)13(17)18-15(4,5)12-7-10-16-11-8-12/h12,16H,6-11H2,1-5H3. The second-order valence-corrected chi connectivity index (χ2v) is 6.65. The van der Waals surface area contributed by atoms with Gasteiger partial charge in [-0.05, 0) is 60.0 Å². The second kappa shape index (κ2) is 6.05. The summed E-state index contributed by atoms with van der Waals surface area (Å²) in [4.78, 5) is 12.3. The van der Waals surface area contributed by atoms with E-state index >= 15 is 0 Å². The van der Waals surface area contributed by atoms with Crippen LogP contribution in [-0.4, -0.2) is 24.7 Å². The number of ether oxygens (including phenoxy) is 1. The largest absolute Gasteiger partial charge is 0.459 e. The highest BCUT2D eigenvalue weighted by atomic mass is 16.6. The molecule has 0 bridgehead atoms. The fourth-order valence-electron chi connectivity index (χ4n) is 2.70. The van der Waals surface area contributed by atoms with E-state index in [2.05, 4.69) is 26.1 Å². The van der Waals surface area contributed by atoms with Crippen LogP contribution >= 0.6 is 0 Å². The number of carbonyl (C=O) groups is 1. The molecule has 1 saturated heterocycles. The fraction of sp³-hybridized carbons (Fsp3) is 0.933. The molecule has 18 heavy (non-hydrogen) atoms. The van der Waals surface area contributed by atoms with Gasteiger partial charge in [0.15, 0.2) is 0 Å². The van der Waals surface area contributed by atoms with E-state index in [-0.39, 0.29) is 17.0 Å². The number of hydrogen-bond donors (Lipinski definition) is 1. The first-order valence-corrected chi connectivity index (χ1v) is 7.24. The maximum Gasteiger partial charge on any atom is 0.312 e. The minimum atomic E-state index is -0.362. The molecule has 1 rings (SSSR count). The van der Waals surface area contributed by atoms with Gasteiger partial charge in [-0.2, -0.15) is 0 Å². The quantitative estimate of drug-likeness (QED) is 0.767. The zero-order valence-corrected chi connectivity index (χ0v) is 12.6. The first kappa shape index (κ1) is 15.5. The molecule has 0 spiro atoms. The van der Waals surface area contributed by atoms with Crippen molar-refractivity contribution >= 4 is 5.97 Å². The normalized spacial score (nSPS) is 18.7. The summed E-state index contributed by atoms with van der Waals surface area (Å²) >= 11 is 0. The van der Waals surface area contributed by atoms with Crippen molar-refractivity contribution in [2.45, 2.75) is 65.9 Å². The Morgan fingerprint density at radius 2 is 1.78 bits per heavy atom. The highest BCUT2D eigenvalue weighted by Crippen LogP contribution is 2.33. The number of nitrogens with one attached hydrogen (secondary N) is 1. The molecule has 0 saturated carbocycles. The van der Waals surface area contributed by atoms with E-state index in [1.54, 1.807) is 0 Å². The van der Waals surface area contributed by atoms with Crippen molar-refractivity contribution in [3.05, 3.63) is 0 Å². The molecule has 1 heterocycles. The van der Waals surface area contributed by atoms with Gasteiger partial charge in [0.05, 0.1) is 5.41 Å². The van der Waals surface area contributed by atoms with Gasteiger partial charge in [-0.15, -0.1) is 0 Å². The average Bonchev–Trinajstić information content (AvgIpc) is 2.29. The van der Waals surface area contributed by atoms with Gasteiger partial charge >= 0.3 is 5.97 Å². The Hall–Kier alpha value is -0.570. The number of carbonyl (C=O) groups excluding carboxylic acids is 1. The van der Waals surface area contributed by atoms with Gasteiger partial charge in [-0.1, -0.05) is 13.3 Å². The summed E-state index contributed by atoms with van der Waals surface area (Å²) in [6.45, 7) is 12.3. The third-order valence-electron chi connectivity index (χ3n) is 4.11. The molecule has 1 fully saturated rings. The van der Waals surface area contributed by atoms with Gasteiger partial charge in [0.2, 0.25) is 0 Å². The molecule has 0 aromatic heterocycles. The molecule has 1 aliphatic rings. The third-order valence-corrected chi connectivity index (χ3v) is 4.11. The summed E-state index contributed by atoms with van der Waals surface area (Å²) in [7, 11) is 0. The molecule has 3 heteroatoms. The van der Waals surface area contributed by atoms with Gasteiger partial charge in [-0.25, -0.2) is 0 Å². The lowest BCUT2D eigenvalue weighted by Crippen LogP contribution is -2.45. The lowest BCUT2D eigenvalue weighted by molar-refractivity contribution is -0.174. The SMILES string of the molecule is CCCC(C)(C)C(=O)OC(C)(C)C1CCNCC1. The highest BCUT2D eigenvalue weighted by molar-refractivity contribution is 5.76. The van der Waals surface area contributed by atoms with Gasteiger partial charge in [0.25, 0.3) is 0 Å². The Bertz CT molecular complexity index is 278. The Morgan fingerprint density at radius 1 is 1.22 bits per heavy atom. The topological polar surface area (TPSA) is 38.3 Å². The smallest absolute Gasteiger partial charge is 0.312 e. The van der Waals surface area contributed by atoms with E-state index in [1.165, 1.54) is 0 Å². The average molecular weight is 255 g/mol. The maximum absolute atomic E-state index is 12.3. The first-order valence-electron chi connectivity index (χ1n) is 7.24. The molecule has 0 atom stereocenters. The Labute approximate surface area is 112 Å². The van der Waals surface area contributed by atoms with Crippen molar-refractivity contribution in [2.24, 2.45) is 11.3 Å². The molecule has 0 radical (unpaired) electrons. The van der Waals surface area contributed by atoms with Crippen LogP contribution in [0.15, 0.2) is 0 Å². The zero-order valence-electron chi connectivity index (χ0n) is 12.6. The van der Waals surface area contributed by atoms with Crippen LogP contribution in [0, 0.1) is 11.3 Å². The molecule has 0 aromatic rings. The molecule has 106 valence electrons. The van der Waals surface area contributed by atoms with Crippen LogP contribution in [0.3, 0.4) is 0 Å². The molecule has 0 aliphatic carbocycles. The molecule has 0 unspecified atom stereocenters. The van der Waals surface area contributed by atoms with Gasteiger partial charge < -0.3 is 10.1 Å². The summed E-state index contributed by atoms with van der Waals surface area (Å²) in [6, 6.07) is 0. The summed E-state index contributed by atoms with van der Waals surface area (Å²) < 4.78 is 5.83. The maximum atomic E-state index is 12.3. The van der Waals surface area contributed by atoms with Crippen molar-refractivity contribution in [3.63, 3.8) is 0 Å². The second-order valence-electron chi connectivity index (χ2n) is 6.65. The van der Waals surface area contributed by atoms with Crippen LogP contribution in [0.1, 0.15) is 60.3 Å². The fourth-order valence-corrected chi connectivity index (χ4v) is 2.70. The zero-order chi connectivity index (χ0) is 13.8. The minimum absolute atomic E-state index is 0.0483. The molecular formula is C15H29NO2. The van der Waals surface area contributed by atoms with Crippen molar-refractivity contribution in [1.82, 2.24) is 5.32 Å². The number of piperidine rings is 1. The Kier molecular flexibility index (Phi) is 5.20. The van der Waals surface area contributed by atoms with E-state index in [9.17, 15) is 4.79 Å². The van der Waals surface area contributed by atoms with Gasteiger partial charge in [0.1, 0.15) is 5.60 Å². The third kappa shape index (κ3) is 3.98. The van der Waals surface area contributed by atoms with Crippen LogP contribution in [0.25, 0.3) is 0 Å². The Balaban J connectivity index is 2.61. The minimum Gasteiger partial charge on any atom is -0.459 e. The number of esters is 1. The van der Waals surface area contributed by atoms with E-state index in [4.69, 9.17) is 4.74 Å². The van der Waals surface area contributed by atoms with Crippen LogP contribution in [-0.2, 0) is 9.53 Å². The van der Waals surface area contributed by atoms with Crippen LogP contribution in [0.2, 0.25) is 0 Å². The molecule has 3 nitrogen and oxygen atoms in total. The van der Waals surface area contributed by atoms with Crippen molar-refractivity contribution in [1.29, 1.82) is 0 Å². The summed E-state index contributed by atoms with van der Waals surface area (Å²) in [5.74, 6) is 0.424. The molecule has 0 amide bonds. The predicted molar refractivity (Wildman–Crippen MR) is 74.5 cm³/mol. The summed E-state index contributed by atoms with van der Waals surface area (Å²) in [6.07, 6.45) is 4.08. The molecular weight excluding hydrogens is 226 g/mol. The van der Waals surface area contributed by atoms with E-state index < -0.39 is 0 Å².